The van der Waals surface area contributed by atoms with Gasteiger partial charge < -0.3 is 20.5 Å². The Bertz CT molecular complexity index is 450. The first-order chi connectivity index (χ1) is 10.1. The van der Waals surface area contributed by atoms with Crippen LogP contribution in [0.1, 0.15) is 25.3 Å². The number of nitrogens with two attached hydrogens (primary N) is 1. The molecule has 1 aromatic rings. The minimum Gasteiger partial charge on any atom is -0.381 e. The van der Waals surface area contributed by atoms with E-state index in [1.54, 1.807) is 0 Å². The molecule has 1 aromatic carbocycles. The van der Waals surface area contributed by atoms with Crippen LogP contribution in [0.25, 0.3) is 0 Å². The molecule has 124 valence electrons. The molecule has 0 radical (unpaired) electrons. The van der Waals surface area contributed by atoms with Crippen molar-refractivity contribution in [2.75, 3.05) is 19.8 Å². The second-order valence-corrected chi connectivity index (χ2v) is 5.64. The van der Waals surface area contributed by atoms with E-state index in [9.17, 15) is 4.79 Å². The number of halogens is 1. The van der Waals surface area contributed by atoms with Crippen LogP contribution in [-0.2, 0) is 20.9 Å². The van der Waals surface area contributed by atoms with Gasteiger partial charge in [0.15, 0.2) is 0 Å². The molecule has 1 aliphatic rings. The molecular formula is C16H25ClN2O3. The third-order valence-corrected chi connectivity index (χ3v) is 3.69. The van der Waals surface area contributed by atoms with Crippen molar-refractivity contribution in [3.05, 3.63) is 35.9 Å². The number of nitrogens with one attached hydrogen (secondary N) is 1. The fraction of sp³-hybridized carbons (Fsp3) is 0.562. The molecule has 0 saturated carbocycles. The second kappa shape index (κ2) is 9.10. The van der Waals surface area contributed by atoms with Crippen LogP contribution in [0.2, 0.25) is 0 Å². The van der Waals surface area contributed by atoms with Gasteiger partial charge in [0.1, 0.15) is 0 Å². The fourth-order valence-corrected chi connectivity index (χ4v) is 2.30. The van der Waals surface area contributed by atoms with Gasteiger partial charge in [0.05, 0.1) is 18.8 Å². The molecule has 1 fully saturated rings. The smallest absolute Gasteiger partial charge is 0.240 e. The van der Waals surface area contributed by atoms with Crippen molar-refractivity contribution < 1.29 is 14.3 Å². The molecule has 0 bridgehead atoms. The number of rotatable bonds is 6. The quantitative estimate of drug-likeness (QED) is 0.832. The van der Waals surface area contributed by atoms with E-state index in [2.05, 4.69) is 5.32 Å². The summed E-state index contributed by atoms with van der Waals surface area (Å²) in [6.45, 7) is 4.02. The van der Waals surface area contributed by atoms with Gasteiger partial charge in [-0.3, -0.25) is 4.79 Å². The van der Waals surface area contributed by atoms with Crippen molar-refractivity contribution in [3.63, 3.8) is 0 Å². The Balaban J connectivity index is 0.00000242. The lowest BCUT2D eigenvalue weighted by atomic mass is 9.90. The zero-order chi connectivity index (χ0) is 15.1. The van der Waals surface area contributed by atoms with E-state index in [0.717, 1.165) is 5.56 Å². The second-order valence-electron chi connectivity index (χ2n) is 5.64. The summed E-state index contributed by atoms with van der Waals surface area (Å²) < 4.78 is 10.9. The Labute approximate surface area is 138 Å². The monoisotopic (exact) mass is 328 g/mol. The van der Waals surface area contributed by atoms with Crippen LogP contribution >= 0.6 is 12.4 Å². The number of carbonyl (C=O) groups is 1. The molecule has 0 aromatic heterocycles. The van der Waals surface area contributed by atoms with Gasteiger partial charge >= 0.3 is 0 Å². The van der Waals surface area contributed by atoms with E-state index in [1.807, 2.05) is 37.3 Å². The van der Waals surface area contributed by atoms with Gasteiger partial charge in [-0.05, 0) is 25.3 Å². The normalized spacial score (nSPS) is 18.1. The lowest BCUT2D eigenvalue weighted by Gasteiger charge is -2.32. The Morgan fingerprint density at radius 2 is 2.00 bits per heavy atom. The third kappa shape index (κ3) is 5.57. The molecule has 1 amide bonds. The van der Waals surface area contributed by atoms with Crippen LogP contribution in [0.4, 0.5) is 0 Å². The summed E-state index contributed by atoms with van der Waals surface area (Å²) in [5.41, 5.74) is 6.46. The van der Waals surface area contributed by atoms with Crippen molar-refractivity contribution in [2.24, 2.45) is 5.73 Å². The van der Waals surface area contributed by atoms with Crippen LogP contribution in [0.15, 0.2) is 30.3 Å². The zero-order valence-corrected chi connectivity index (χ0v) is 13.7. The van der Waals surface area contributed by atoms with Crippen LogP contribution < -0.4 is 11.1 Å². The number of hydrogen-bond acceptors (Lipinski definition) is 4. The maximum atomic E-state index is 12.2. The summed E-state index contributed by atoms with van der Waals surface area (Å²) in [4.78, 5) is 12.2. The van der Waals surface area contributed by atoms with Crippen LogP contribution in [0, 0.1) is 0 Å². The lowest BCUT2D eigenvalue weighted by Crippen LogP contribution is -2.58. The first-order valence-corrected chi connectivity index (χ1v) is 7.39. The van der Waals surface area contributed by atoms with E-state index >= 15 is 0 Å². The summed E-state index contributed by atoms with van der Waals surface area (Å²) in [5.74, 6) is -0.110. The van der Waals surface area contributed by atoms with Gasteiger partial charge in [0.25, 0.3) is 0 Å². The highest BCUT2D eigenvalue weighted by Gasteiger charge is 2.36. The highest BCUT2D eigenvalue weighted by atomic mass is 35.5. The van der Waals surface area contributed by atoms with E-state index in [0.29, 0.717) is 39.3 Å². The Morgan fingerprint density at radius 1 is 1.36 bits per heavy atom. The SMILES string of the molecule is CC(COCc1ccccc1)NC(=O)C1(N)CCOCC1.Cl. The molecule has 22 heavy (non-hydrogen) atoms. The average molecular weight is 329 g/mol. The van der Waals surface area contributed by atoms with Gasteiger partial charge in [0, 0.05) is 19.3 Å². The van der Waals surface area contributed by atoms with Crippen molar-refractivity contribution in [1.29, 1.82) is 0 Å². The summed E-state index contributed by atoms with van der Waals surface area (Å²) in [6.07, 6.45) is 1.13. The molecule has 1 atom stereocenters. The number of hydrogen-bond donors (Lipinski definition) is 2. The van der Waals surface area contributed by atoms with Gasteiger partial charge in [0.2, 0.25) is 5.91 Å². The summed E-state index contributed by atoms with van der Waals surface area (Å²) in [6, 6.07) is 9.89. The maximum Gasteiger partial charge on any atom is 0.240 e. The number of ether oxygens (including phenoxy) is 2. The van der Waals surface area contributed by atoms with Crippen LogP contribution in [0.3, 0.4) is 0 Å². The minimum absolute atomic E-state index is 0. The van der Waals surface area contributed by atoms with E-state index < -0.39 is 5.54 Å². The van der Waals surface area contributed by atoms with Crippen molar-refractivity contribution in [2.45, 2.75) is 38.0 Å². The van der Waals surface area contributed by atoms with E-state index in [1.165, 1.54) is 0 Å². The third-order valence-electron chi connectivity index (χ3n) is 3.69. The predicted molar refractivity (Wildman–Crippen MR) is 87.9 cm³/mol. The van der Waals surface area contributed by atoms with Gasteiger partial charge in [-0.1, -0.05) is 30.3 Å². The molecule has 2 rings (SSSR count). The molecule has 3 N–H and O–H groups in total. The van der Waals surface area contributed by atoms with Crippen molar-refractivity contribution in [1.82, 2.24) is 5.32 Å². The highest BCUT2D eigenvalue weighted by Crippen LogP contribution is 2.17. The highest BCUT2D eigenvalue weighted by molar-refractivity contribution is 5.86. The van der Waals surface area contributed by atoms with Crippen LogP contribution in [-0.4, -0.2) is 37.3 Å². The molecule has 1 unspecified atom stereocenters. The fourth-order valence-electron chi connectivity index (χ4n) is 2.30. The Kier molecular flexibility index (Phi) is 7.82. The topological polar surface area (TPSA) is 73.6 Å². The molecule has 0 spiro atoms. The van der Waals surface area contributed by atoms with Crippen molar-refractivity contribution in [3.8, 4) is 0 Å². The number of carbonyl (C=O) groups excluding carboxylic acids is 1. The molecule has 1 aliphatic heterocycles. The first kappa shape index (κ1) is 18.9. The maximum absolute atomic E-state index is 12.2. The standard InChI is InChI=1S/C16H24N2O3.ClH/c1-13(11-21-12-14-5-3-2-4-6-14)18-15(19)16(17)7-9-20-10-8-16;/h2-6,13H,7-12,17H2,1H3,(H,18,19);1H. The lowest BCUT2D eigenvalue weighted by molar-refractivity contribution is -0.130. The zero-order valence-electron chi connectivity index (χ0n) is 12.9. The summed E-state index contributed by atoms with van der Waals surface area (Å²) in [5, 5.41) is 2.93. The number of benzene rings is 1. The molecule has 6 heteroatoms. The Hall–Kier alpha value is -1.14. The first-order valence-electron chi connectivity index (χ1n) is 7.39. The van der Waals surface area contributed by atoms with E-state index in [4.69, 9.17) is 15.2 Å². The van der Waals surface area contributed by atoms with E-state index in [-0.39, 0.29) is 24.4 Å². The summed E-state index contributed by atoms with van der Waals surface area (Å²) >= 11 is 0. The summed E-state index contributed by atoms with van der Waals surface area (Å²) in [7, 11) is 0. The average Bonchev–Trinajstić information content (AvgIpc) is 2.49. The largest absolute Gasteiger partial charge is 0.381 e. The van der Waals surface area contributed by atoms with Gasteiger partial charge in [-0.2, -0.15) is 0 Å². The molecule has 1 saturated heterocycles. The molecule has 1 heterocycles. The minimum atomic E-state index is -0.800. The number of amides is 1. The predicted octanol–water partition coefficient (Wildman–Crippen LogP) is 1.64. The molecular weight excluding hydrogens is 304 g/mol. The molecule has 5 nitrogen and oxygen atoms in total. The van der Waals surface area contributed by atoms with Crippen LogP contribution in [0.5, 0.6) is 0 Å². The Morgan fingerprint density at radius 3 is 2.64 bits per heavy atom. The van der Waals surface area contributed by atoms with Gasteiger partial charge in [-0.15, -0.1) is 12.4 Å². The van der Waals surface area contributed by atoms with Gasteiger partial charge in [-0.25, -0.2) is 0 Å². The molecule has 0 aliphatic carbocycles. The van der Waals surface area contributed by atoms with Crippen molar-refractivity contribution >= 4 is 18.3 Å².